The summed E-state index contributed by atoms with van der Waals surface area (Å²) in [6.07, 6.45) is 4.39. The van der Waals surface area contributed by atoms with Crippen molar-refractivity contribution in [3.63, 3.8) is 0 Å². The number of benzene rings is 2. The molecule has 6 nitrogen and oxygen atoms in total. The molecule has 3 aromatic rings. The number of fused-ring (bicyclic) bond motifs is 3. The summed E-state index contributed by atoms with van der Waals surface area (Å²) in [7, 11) is 0. The van der Waals surface area contributed by atoms with Gasteiger partial charge in [-0.25, -0.2) is 0 Å². The highest BCUT2D eigenvalue weighted by Crippen LogP contribution is 2.39. The van der Waals surface area contributed by atoms with Crippen LogP contribution in [0.3, 0.4) is 0 Å². The van der Waals surface area contributed by atoms with Crippen LogP contribution in [0, 0.1) is 0 Å². The Morgan fingerprint density at radius 2 is 1.86 bits per heavy atom. The number of aromatic hydroxyl groups is 1. The number of hydrogen-bond acceptors (Lipinski definition) is 7. The number of thioether (sulfide) groups is 1. The first-order valence-corrected chi connectivity index (χ1v) is 10.9. The second-order valence-electron chi connectivity index (χ2n) is 6.94. The maximum Gasteiger partial charge on any atom is 0.247 e. The summed E-state index contributed by atoms with van der Waals surface area (Å²) in [5.41, 5.74) is 3.33. The van der Waals surface area contributed by atoms with Gasteiger partial charge in [0, 0.05) is 22.6 Å². The maximum absolute atomic E-state index is 9.60. The van der Waals surface area contributed by atoms with Gasteiger partial charge in [0.1, 0.15) is 5.75 Å². The lowest BCUT2D eigenvalue weighted by Crippen LogP contribution is -2.17. The van der Waals surface area contributed by atoms with Crippen LogP contribution < -0.4 is 10.1 Å². The molecule has 0 radical (unpaired) electrons. The van der Waals surface area contributed by atoms with Gasteiger partial charge < -0.3 is 15.2 Å². The molecule has 4 rings (SSSR count). The summed E-state index contributed by atoms with van der Waals surface area (Å²) in [6.45, 7) is 2.21. The number of rotatable bonds is 7. The molecule has 2 heterocycles. The SMILES string of the molecule is CCCCCCSc1nnc2c(n1)O[C@@H](c1ccc(O)cc1)Nc1ccccc1-2. The van der Waals surface area contributed by atoms with Crippen LogP contribution in [0.15, 0.2) is 53.7 Å². The van der Waals surface area contributed by atoms with Crippen LogP contribution in [-0.2, 0) is 0 Å². The molecule has 1 aliphatic rings. The van der Waals surface area contributed by atoms with Crippen LogP contribution in [0.5, 0.6) is 11.6 Å². The zero-order chi connectivity index (χ0) is 20.1. The number of nitrogens with zero attached hydrogens (tertiary/aromatic N) is 3. The smallest absolute Gasteiger partial charge is 0.247 e. The third-order valence-corrected chi connectivity index (χ3v) is 5.68. The van der Waals surface area contributed by atoms with Gasteiger partial charge in [0.05, 0.1) is 0 Å². The lowest BCUT2D eigenvalue weighted by Gasteiger charge is -2.19. The molecule has 0 unspecified atom stereocenters. The molecule has 1 aromatic heterocycles. The Labute approximate surface area is 174 Å². The second kappa shape index (κ2) is 9.13. The minimum atomic E-state index is -0.447. The van der Waals surface area contributed by atoms with E-state index in [9.17, 15) is 5.11 Å². The predicted molar refractivity (Wildman–Crippen MR) is 115 cm³/mol. The highest BCUT2D eigenvalue weighted by molar-refractivity contribution is 7.99. The summed E-state index contributed by atoms with van der Waals surface area (Å²) < 4.78 is 6.23. The minimum absolute atomic E-state index is 0.217. The molecule has 2 N–H and O–H groups in total. The first kappa shape index (κ1) is 19.5. The number of anilines is 1. The highest BCUT2D eigenvalue weighted by atomic mass is 32.2. The Hall–Kier alpha value is -2.80. The number of aromatic nitrogens is 3. The van der Waals surface area contributed by atoms with Crippen molar-refractivity contribution in [3.05, 3.63) is 54.1 Å². The van der Waals surface area contributed by atoms with Crippen molar-refractivity contribution in [2.24, 2.45) is 0 Å². The fourth-order valence-electron chi connectivity index (χ4n) is 3.20. The molecular weight excluding hydrogens is 384 g/mol. The lowest BCUT2D eigenvalue weighted by molar-refractivity contribution is 0.225. The van der Waals surface area contributed by atoms with Crippen molar-refractivity contribution in [1.82, 2.24) is 15.2 Å². The van der Waals surface area contributed by atoms with Gasteiger partial charge in [-0.2, -0.15) is 4.98 Å². The Morgan fingerprint density at radius 1 is 1.03 bits per heavy atom. The molecule has 7 heteroatoms. The molecule has 0 amide bonds. The number of nitrogens with one attached hydrogen (secondary N) is 1. The van der Waals surface area contributed by atoms with Gasteiger partial charge in [-0.15, -0.1) is 10.2 Å². The fraction of sp³-hybridized carbons (Fsp3) is 0.318. The average molecular weight is 409 g/mol. The zero-order valence-corrected chi connectivity index (χ0v) is 17.2. The average Bonchev–Trinajstić information content (AvgIpc) is 2.90. The summed E-state index contributed by atoms with van der Waals surface area (Å²) in [4.78, 5) is 4.66. The monoisotopic (exact) mass is 408 g/mol. The second-order valence-corrected chi connectivity index (χ2v) is 8.00. The molecule has 0 bridgehead atoms. The van der Waals surface area contributed by atoms with Crippen LogP contribution in [0.1, 0.15) is 44.4 Å². The summed E-state index contributed by atoms with van der Waals surface area (Å²) in [5, 5.41) is 22.4. The number of para-hydroxylation sites is 1. The van der Waals surface area contributed by atoms with Gasteiger partial charge >= 0.3 is 0 Å². The molecule has 1 atom stereocenters. The van der Waals surface area contributed by atoms with E-state index < -0.39 is 6.23 Å². The number of unbranched alkanes of at least 4 members (excludes halogenated alkanes) is 3. The maximum atomic E-state index is 9.60. The largest absolute Gasteiger partial charge is 0.508 e. The number of ether oxygens (including phenoxy) is 1. The van der Waals surface area contributed by atoms with Crippen LogP contribution in [0.25, 0.3) is 11.3 Å². The van der Waals surface area contributed by atoms with Crippen LogP contribution in [0.2, 0.25) is 0 Å². The Kier molecular flexibility index (Phi) is 6.14. The van der Waals surface area contributed by atoms with E-state index in [-0.39, 0.29) is 5.75 Å². The van der Waals surface area contributed by atoms with Crippen molar-refractivity contribution in [2.75, 3.05) is 11.1 Å². The summed E-state index contributed by atoms with van der Waals surface area (Å²) >= 11 is 1.61. The molecule has 0 saturated heterocycles. The summed E-state index contributed by atoms with van der Waals surface area (Å²) in [5.74, 6) is 1.65. The van der Waals surface area contributed by atoms with Gasteiger partial charge in [0.25, 0.3) is 0 Å². The minimum Gasteiger partial charge on any atom is -0.508 e. The first-order valence-electron chi connectivity index (χ1n) is 9.93. The van der Waals surface area contributed by atoms with Crippen LogP contribution in [-0.4, -0.2) is 26.0 Å². The van der Waals surface area contributed by atoms with Gasteiger partial charge in [-0.05, 0) is 36.8 Å². The van der Waals surface area contributed by atoms with Crippen molar-refractivity contribution < 1.29 is 9.84 Å². The molecule has 29 heavy (non-hydrogen) atoms. The molecule has 0 spiro atoms. The van der Waals surface area contributed by atoms with Crippen molar-refractivity contribution in [3.8, 4) is 22.9 Å². The van der Waals surface area contributed by atoms with E-state index in [4.69, 9.17) is 4.74 Å². The van der Waals surface area contributed by atoms with E-state index in [1.54, 1.807) is 23.9 Å². The molecule has 0 aliphatic carbocycles. The van der Waals surface area contributed by atoms with Gasteiger partial charge in [0.2, 0.25) is 11.0 Å². The van der Waals surface area contributed by atoms with E-state index in [1.165, 1.54) is 19.3 Å². The Morgan fingerprint density at radius 3 is 2.69 bits per heavy atom. The third kappa shape index (κ3) is 4.62. The van der Waals surface area contributed by atoms with Crippen molar-refractivity contribution in [2.45, 2.75) is 44.0 Å². The molecule has 0 fully saturated rings. The van der Waals surface area contributed by atoms with Crippen molar-refractivity contribution >= 4 is 17.4 Å². The number of phenols is 1. The molecular formula is C22H24N4O2S. The first-order chi connectivity index (χ1) is 14.2. The Balaban J connectivity index is 1.62. The van der Waals surface area contributed by atoms with E-state index in [1.807, 2.05) is 36.4 Å². The van der Waals surface area contributed by atoms with Gasteiger partial charge in [-0.3, -0.25) is 0 Å². The normalized spacial score (nSPS) is 14.9. The molecule has 1 aliphatic heterocycles. The quantitative estimate of drug-likeness (QED) is 0.399. The Bertz CT molecular complexity index is 965. The lowest BCUT2D eigenvalue weighted by atomic mass is 10.1. The topological polar surface area (TPSA) is 80.2 Å². The van der Waals surface area contributed by atoms with Gasteiger partial charge in [-0.1, -0.05) is 56.1 Å². The number of hydrogen-bond donors (Lipinski definition) is 2. The summed E-state index contributed by atoms with van der Waals surface area (Å²) in [6, 6.07) is 14.9. The van der Waals surface area contributed by atoms with Crippen molar-refractivity contribution in [1.29, 1.82) is 0 Å². The standard InChI is InChI=1S/C22H24N4O2S/c1-2-3-4-7-14-29-22-24-21-19(25-26-22)17-8-5-6-9-18(17)23-20(28-21)15-10-12-16(27)13-11-15/h5-6,8-13,20,23,27H,2-4,7,14H2,1H3/t20-/m0/s1. The number of phenolic OH excluding ortho intramolecular Hbond substituents is 1. The molecule has 150 valence electrons. The van der Waals surface area contributed by atoms with E-state index in [2.05, 4.69) is 27.4 Å². The predicted octanol–water partition coefficient (Wildman–Crippen LogP) is 5.42. The molecule has 0 saturated carbocycles. The third-order valence-electron chi connectivity index (χ3n) is 4.76. The molecule has 2 aromatic carbocycles. The van der Waals surface area contributed by atoms with E-state index in [0.717, 1.165) is 29.0 Å². The van der Waals surface area contributed by atoms with Crippen LogP contribution in [0.4, 0.5) is 5.69 Å². The fourth-order valence-corrected chi connectivity index (χ4v) is 3.98. The van der Waals surface area contributed by atoms with E-state index >= 15 is 0 Å². The van der Waals surface area contributed by atoms with E-state index in [0.29, 0.717) is 16.7 Å². The van der Waals surface area contributed by atoms with Gasteiger partial charge in [0.15, 0.2) is 11.9 Å². The zero-order valence-electron chi connectivity index (χ0n) is 16.3. The van der Waals surface area contributed by atoms with Crippen LogP contribution >= 0.6 is 11.8 Å². The highest BCUT2D eigenvalue weighted by Gasteiger charge is 2.25.